The Hall–Kier alpha value is -3.97. The normalized spacial score (nSPS) is 11.1. The van der Waals surface area contributed by atoms with Gasteiger partial charge in [0.25, 0.3) is 0 Å². The van der Waals surface area contributed by atoms with Crippen molar-refractivity contribution in [3.8, 4) is 11.4 Å². The maximum Gasteiger partial charge on any atom is 0.217 e. The molecule has 0 amide bonds. The van der Waals surface area contributed by atoms with Crippen molar-refractivity contribution < 1.29 is 9.53 Å². The highest BCUT2D eigenvalue weighted by atomic mass is 35.5. The first-order chi connectivity index (χ1) is 16.0. The van der Waals surface area contributed by atoms with Gasteiger partial charge in [-0.1, -0.05) is 28.9 Å². The average Bonchev–Trinajstić information content (AvgIpc) is 3.44. The maximum atomic E-state index is 13.6. The molecule has 0 spiro atoms. The first kappa shape index (κ1) is 20.9. The smallest absolute Gasteiger partial charge is 0.217 e. The highest BCUT2D eigenvalue weighted by Crippen LogP contribution is 2.31. The highest BCUT2D eigenvalue weighted by molar-refractivity contribution is 6.30. The summed E-state index contributed by atoms with van der Waals surface area (Å²) in [5.41, 5.74) is 4.49. The van der Waals surface area contributed by atoms with Gasteiger partial charge >= 0.3 is 0 Å². The fourth-order valence-corrected chi connectivity index (χ4v) is 4.10. The molecular weight excluding hydrogens is 438 g/mol. The predicted octanol–water partition coefficient (Wildman–Crippen LogP) is 4.87. The molecule has 0 saturated carbocycles. The van der Waals surface area contributed by atoms with Crippen molar-refractivity contribution in [2.45, 2.75) is 13.5 Å². The van der Waals surface area contributed by atoms with Gasteiger partial charge in [-0.05, 0) is 55.0 Å². The number of rotatable bonds is 6. The molecule has 0 aliphatic heterocycles. The van der Waals surface area contributed by atoms with Crippen molar-refractivity contribution in [1.82, 2.24) is 24.5 Å². The molecule has 3 heterocycles. The van der Waals surface area contributed by atoms with Crippen molar-refractivity contribution in [1.29, 1.82) is 0 Å². The van der Waals surface area contributed by atoms with Crippen LogP contribution in [-0.4, -0.2) is 37.4 Å². The van der Waals surface area contributed by atoms with Gasteiger partial charge in [0.15, 0.2) is 5.69 Å². The lowest BCUT2D eigenvalue weighted by atomic mass is 10.0. The van der Waals surface area contributed by atoms with E-state index in [9.17, 15) is 4.79 Å². The van der Waals surface area contributed by atoms with Crippen LogP contribution in [-0.2, 0) is 6.54 Å². The van der Waals surface area contributed by atoms with Crippen LogP contribution in [0.1, 0.15) is 27.3 Å². The molecule has 0 aliphatic rings. The Bertz CT molecular complexity index is 1460. The second kappa shape index (κ2) is 8.52. The van der Waals surface area contributed by atoms with Gasteiger partial charge in [-0.2, -0.15) is 0 Å². The molecule has 0 saturated heterocycles. The third-order valence-electron chi connectivity index (χ3n) is 5.66. The van der Waals surface area contributed by atoms with Crippen molar-refractivity contribution in [2.75, 3.05) is 7.11 Å². The molecule has 0 fully saturated rings. The lowest BCUT2D eigenvalue weighted by molar-refractivity contribution is 0.103. The SMILES string of the molecule is COc1ccc2c(c1)c(C(=O)c1cn(-c3ccncc3)nn1)c(C)n2Cc1ccc(Cl)cc1. The topological polar surface area (TPSA) is 74.8 Å². The lowest BCUT2D eigenvalue weighted by Crippen LogP contribution is -2.06. The van der Waals surface area contributed by atoms with E-state index in [4.69, 9.17) is 16.3 Å². The molecule has 164 valence electrons. The molecule has 0 atom stereocenters. The number of hydrogen-bond donors (Lipinski definition) is 0. The quantitative estimate of drug-likeness (QED) is 0.340. The Morgan fingerprint density at radius 1 is 1.06 bits per heavy atom. The van der Waals surface area contributed by atoms with Crippen LogP contribution in [0.2, 0.25) is 5.02 Å². The van der Waals surface area contributed by atoms with E-state index < -0.39 is 0 Å². The number of ether oxygens (including phenoxy) is 1. The second-order valence-electron chi connectivity index (χ2n) is 7.64. The summed E-state index contributed by atoms with van der Waals surface area (Å²) in [5.74, 6) is 0.488. The minimum absolute atomic E-state index is 0.194. The number of halogens is 1. The van der Waals surface area contributed by atoms with E-state index in [0.29, 0.717) is 22.9 Å². The average molecular weight is 458 g/mol. The van der Waals surface area contributed by atoms with Gasteiger partial charge in [-0.15, -0.1) is 5.10 Å². The van der Waals surface area contributed by atoms with Crippen LogP contribution >= 0.6 is 11.6 Å². The summed E-state index contributed by atoms with van der Waals surface area (Å²) in [6, 6.07) is 17.1. The molecule has 0 bridgehead atoms. The number of ketones is 1. The summed E-state index contributed by atoms with van der Waals surface area (Å²) in [5, 5.41) is 9.78. The molecule has 2 aromatic carbocycles. The number of methoxy groups -OCH3 is 1. The van der Waals surface area contributed by atoms with Gasteiger partial charge in [-0.3, -0.25) is 9.78 Å². The highest BCUT2D eigenvalue weighted by Gasteiger charge is 2.24. The van der Waals surface area contributed by atoms with Crippen LogP contribution in [0, 0.1) is 6.92 Å². The number of benzene rings is 2. The Morgan fingerprint density at radius 2 is 1.82 bits per heavy atom. The van der Waals surface area contributed by atoms with Gasteiger partial charge in [-0.25, -0.2) is 4.68 Å². The lowest BCUT2D eigenvalue weighted by Gasteiger charge is -2.09. The number of pyridine rings is 1. The van der Waals surface area contributed by atoms with Crippen LogP contribution in [0.3, 0.4) is 0 Å². The van der Waals surface area contributed by atoms with E-state index in [1.807, 2.05) is 49.4 Å². The fraction of sp³-hybridized carbons (Fsp3) is 0.120. The minimum Gasteiger partial charge on any atom is -0.497 e. The third kappa shape index (κ3) is 3.87. The number of nitrogens with zero attached hydrogens (tertiary/aromatic N) is 5. The van der Waals surface area contributed by atoms with Gasteiger partial charge < -0.3 is 9.30 Å². The van der Waals surface area contributed by atoms with E-state index in [-0.39, 0.29) is 11.5 Å². The zero-order valence-corrected chi connectivity index (χ0v) is 18.8. The van der Waals surface area contributed by atoms with Gasteiger partial charge in [0, 0.05) is 40.6 Å². The molecule has 8 heteroatoms. The van der Waals surface area contributed by atoms with Crippen molar-refractivity contribution in [3.63, 3.8) is 0 Å². The Morgan fingerprint density at radius 3 is 2.55 bits per heavy atom. The van der Waals surface area contributed by atoms with Crippen molar-refractivity contribution >= 4 is 28.3 Å². The molecule has 3 aromatic heterocycles. The summed E-state index contributed by atoms with van der Waals surface area (Å²) >= 11 is 6.05. The zero-order valence-electron chi connectivity index (χ0n) is 18.1. The minimum atomic E-state index is -0.194. The first-order valence-electron chi connectivity index (χ1n) is 10.3. The van der Waals surface area contributed by atoms with Gasteiger partial charge in [0.2, 0.25) is 5.78 Å². The van der Waals surface area contributed by atoms with Crippen LogP contribution in [0.5, 0.6) is 5.75 Å². The molecule has 0 radical (unpaired) electrons. The molecule has 5 aromatic rings. The maximum absolute atomic E-state index is 13.6. The third-order valence-corrected chi connectivity index (χ3v) is 5.92. The summed E-state index contributed by atoms with van der Waals surface area (Å²) < 4.78 is 9.12. The second-order valence-corrected chi connectivity index (χ2v) is 8.08. The Kier molecular flexibility index (Phi) is 5.40. The van der Waals surface area contributed by atoms with Crippen molar-refractivity contribution in [3.05, 3.63) is 101 Å². The number of fused-ring (bicyclic) bond motifs is 1. The van der Waals surface area contributed by atoms with E-state index in [0.717, 1.165) is 27.8 Å². The van der Waals surface area contributed by atoms with E-state index in [1.54, 1.807) is 42.5 Å². The molecule has 0 unspecified atom stereocenters. The molecule has 5 rings (SSSR count). The molecule has 0 aliphatic carbocycles. The first-order valence-corrected chi connectivity index (χ1v) is 10.7. The fourth-order valence-electron chi connectivity index (χ4n) is 3.97. The van der Waals surface area contributed by atoms with Crippen LogP contribution in [0.15, 0.2) is 73.2 Å². The van der Waals surface area contributed by atoms with Gasteiger partial charge in [0.05, 0.1) is 24.6 Å². The van der Waals surface area contributed by atoms with Crippen molar-refractivity contribution in [2.24, 2.45) is 0 Å². The zero-order chi connectivity index (χ0) is 22.9. The number of carbonyl (C=O) groups excluding carboxylic acids is 1. The monoisotopic (exact) mass is 457 g/mol. The summed E-state index contributed by atoms with van der Waals surface area (Å²) in [6.07, 6.45) is 4.97. The molecule has 33 heavy (non-hydrogen) atoms. The summed E-state index contributed by atoms with van der Waals surface area (Å²) in [7, 11) is 1.61. The Labute approximate surface area is 195 Å². The molecule has 7 nitrogen and oxygen atoms in total. The standard InChI is InChI=1S/C25H20ClN5O2/c1-16-24(25(32)22-15-31(29-28-22)19-9-11-27-12-10-19)21-13-20(33-2)7-8-23(21)30(16)14-17-3-5-18(26)6-4-17/h3-13,15H,14H2,1-2H3. The van der Waals surface area contributed by atoms with Crippen LogP contribution < -0.4 is 4.74 Å². The number of carbonyl (C=O) groups is 1. The number of aromatic nitrogens is 5. The number of hydrogen-bond acceptors (Lipinski definition) is 5. The van der Waals surface area contributed by atoms with Gasteiger partial charge in [0.1, 0.15) is 5.75 Å². The largest absolute Gasteiger partial charge is 0.497 e. The van der Waals surface area contributed by atoms with E-state index >= 15 is 0 Å². The molecular formula is C25H20ClN5O2. The molecule has 0 N–H and O–H groups in total. The predicted molar refractivity (Wildman–Crippen MR) is 126 cm³/mol. The van der Waals surface area contributed by atoms with E-state index in [1.165, 1.54) is 0 Å². The van der Waals surface area contributed by atoms with Crippen LogP contribution in [0.25, 0.3) is 16.6 Å². The Balaban J connectivity index is 1.61. The summed E-state index contributed by atoms with van der Waals surface area (Å²) in [4.78, 5) is 17.7. The van der Waals surface area contributed by atoms with Crippen LogP contribution in [0.4, 0.5) is 0 Å². The summed E-state index contributed by atoms with van der Waals surface area (Å²) in [6.45, 7) is 2.55. The van der Waals surface area contributed by atoms with E-state index in [2.05, 4.69) is 19.9 Å².